The molecule has 0 aliphatic carbocycles. The van der Waals surface area contributed by atoms with E-state index in [1.54, 1.807) is 6.92 Å². The molecule has 1 saturated heterocycles. The predicted octanol–water partition coefficient (Wildman–Crippen LogP) is 3.32. The van der Waals surface area contributed by atoms with Gasteiger partial charge >= 0.3 is 0 Å². The molecule has 5 heteroatoms. The molecule has 1 aliphatic rings. The molecule has 1 aromatic carbocycles. The van der Waals surface area contributed by atoms with Crippen LogP contribution < -0.4 is 5.32 Å². The number of unbranched alkanes of at least 4 members (excludes halogenated alkanes) is 1. The minimum absolute atomic E-state index is 0.0621. The fraction of sp³-hybridized carbons (Fsp3) is 0.524. The van der Waals surface area contributed by atoms with Gasteiger partial charge in [0.25, 0.3) is 0 Å². The number of rotatable bonds is 7. The largest absolute Gasteiger partial charge is 0.352 e. The lowest BCUT2D eigenvalue weighted by molar-refractivity contribution is -0.120. The molecule has 0 unspecified atom stereocenters. The average Bonchev–Trinajstić information content (AvgIpc) is 3.08. The van der Waals surface area contributed by atoms with Crippen LogP contribution in [-0.4, -0.2) is 39.7 Å². The minimum Gasteiger partial charge on any atom is -0.352 e. The number of amides is 1. The van der Waals surface area contributed by atoms with Crippen molar-refractivity contribution in [2.45, 2.75) is 58.5 Å². The van der Waals surface area contributed by atoms with E-state index < -0.39 is 0 Å². The zero-order valence-corrected chi connectivity index (χ0v) is 15.9. The SMILES string of the molecule is CCCCc1ccc(-n2cc(CN3CCC[C@H](NC(C)=O)C3)cn2)cc1. The molecule has 5 nitrogen and oxygen atoms in total. The van der Waals surface area contributed by atoms with Gasteiger partial charge in [-0.2, -0.15) is 5.10 Å². The highest BCUT2D eigenvalue weighted by atomic mass is 16.1. The zero-order valence-electron chi connectivity index (χ0n) is 15.9. The molecular weight excluding hydrogens is 324 g/mol. The van der Waals surface area contributed by atoms with Gasteiger partial charge in [0.2, 0.25) is 5.91 Å². The van der Waals surface area contributed by atoms with Gasteiger partial charge in [-0.25, -0.2) is 4.68 Å². The van der Waals surface area contributed by atoms with Crippen LogP contribution in [0.3, 0.4) is 0 Å². The van der Waals surface area contributed by atoms with Crippen molar-refractivity contribution in [1.29, 1.82) is 0 Å². The molecule has 3 rings (SSSR count). The molecule has 26 heavy (non-hydrogen) atoms. The second-order valence-electron chi connectivity index (χ2n) is 7.34. The fourth-order valence-corrected chi connectivity index (χ4v) is 3.64. The van der Waals surface area contributed by atoms with E-state index in [1.165, 1.54) is 24.0 Å². The monoisotopic (exact) mass is 354 g/mol. The van der Waals surface area contributed by atoms with Crippen LogP contribution in [0.5, 0.6) is 0 Å². The van der Waals surface area contributed by atoms with Crippen molar-refractivity contribution < 1.29 is 4.79 Å². The number of hydrogen-bond donors (Lipinski definition) is 1. The summed E-state index contributed by atoms with van der Waals surface area (Å²) < 4.78 is 1.95. The highest BCUT2D eigenvalue weighted by molar-refractivity contribution is 5.73. The summed E-state index contributed by atoms with van der Waals surface area (Å²) in [6.45, 7) is 6.69. The van der Waals surface area contributed by atoms with Crippen LogP contribution in [0.15, 0.2) is 36.7 Å². The number of likely N-dealkylation sites (tertiary alicyclic amines) is 1. The zero-order chi connectivity index (χ0) is 18.4. The normalized spacial score (nSPS) is 18.0. The van der Waals surface area contributed by atoms with Gasteiger partial charge < -0.3 is 5.32 Å². The van der Waals surface area contributed by atoms with Gasteiger partial charge in [-0.3, -0.25) is 9.69 Å². The van der Waals surface area contributed by atoms with Gasteiger partial charge in [0, 0.05) is 37.8 Å². The molecule has 0 spiro atoms. The summed E-state index contributed by atoms with van der Waals surface area (Å²) in [4.78, 5) is 13.7. The lowest BCUT2D eigenvalue weighted by atomic mass is 10.1. The van der Waals surface area contributed by atoms with Crippen LogP contribution in [0.2, 0.25) is 0 Å². The highest BCUT2D eigenvalue weighted by Crippen LogP contribution is 2.16. The second kappa shape index (κ2) is 8.99. The van der Waals surface area contributed by atoms with Crippen molar-refractivity contribution in [1.82, 2.24) is 20.0 Å². The Bertz CT molecular complexity index is 707. The van der Waals surface area contributed by atoms with Crippen LogP contribution in [0.4, 0.5) is 0 Å². The number of aryl methyl sites for hydroxylation is 1. The van der Waals surface area contributed by atoms with Gasteiger partial charge in [0.15, 0.2) is 0 Å². The topological polar surface area (TPSA) is 50.2 Å². The van der Waals surface area contributed by atoms with Gasteiger partial charge in [-0.1, -0.05) is 25.5 Å². The van der Waals surface area contributed by atoms with Crippen molar-refractivity contribution in [3.8, 4) is 5.69 Å². The molecule has 0 bridgehead atoms. The van der Waals surface area contributed by atoms with E-state index in [0.29, 0.717) is 0 Å². The van der Waals surface area contributed by atoms with Gasteiger partial charge in [0.05, 0.1) is 11.9 Å². The van der Waals surface area contributed by atoms with Crippen molar-refractivity contribution in [3.63, 3.8) is 0 Å². The van der Waals surface area contributed by atoms with E-state index >= 15 is 0 Å². The summed E-state index contributed by atoms with van der Waals surface area (Å²) >= 11 is 0. The maximum absolute atomic E-state index is 11.3. The smallest absolute Gasteiger partial charge is 0.217 e. The van der Waals surface area contributed by atoms with Crippen LogP contribution in [0.1, 0.15) is 50.7 Å². The highest BCUT2D eigenvalue weighted by Gasteiger charge is 2.20. The minimum atomic E-state index is 0.0621. The standard InChI is InChI=1S/C21H30N4O/c1-3-4-6-18-8-10-21(11-9-18)25-15-19(13-22-25)14-24-12-5-7-20(16-24)23-17(2)26/h8-11,13,15,20H,3-7,12,14,16H2,1-2H3,(H,23,26)/t20-/m0/s1. The van der Waals surface area contributed by atoms with E-state index in [1.807, 2.05) is 10.9 Å². The number of piperidine rings is 1. The number of aromatic nitrogens is 2. The quantitative estimate of drug-likeness (QED) is 0.830. The Labute approximate surface area is 156 Å². The van der Waals surface area contributed by atoms with Gasteiger partial charge in [-0.05, 0) is 49.9 Å². The van der Waals surface area contributed by atoms with Crippen molar-refractivity contribution in [3.05, 3.63) is 47.8 Å². The summed E-state index contributed by atoms with van der Waals surface area (Å²) in [5.74, 6) is 0.0621. The average molecular weight is 354 g/mol. The lowest BCUT2D eigenvalue weighted by Gasteiger charge is -2.32. The van der Waals surface area contributed by atoms with E-state index in [2.05, 4.69) is 52.7 Å². The van der Waals surface area contributed by atoms with Gasteiger partial charge in [-0.15, -0.1) is 0 Å². The summed E-state index contributed by atoms with van der Waals surface area (Å²) in [5, 5.41) is 7.58. The Morgan fingerprint density at radius 3 is 2.81 bits per heavy atom. The molecule has 1 aliphatic heterocycles. The van der Waals surface area contributed by atoms with Crippen LogP contribution in [0.25, 0.3) is 5.69 Å². The Morgan fingerprint density at radius 2 is 2.08 bits per heavy atom. The molecular formula is C21H30N4O. The van der Waals surface area contributed by atoms with Gasteiger partial charge in [0.1, 0.15) is 0 Å². The third-order valence-electron chi connectivity index (χ3n) is 4.98. The van der Waals surface area contributed by atoms with E-state index in [-0.39, 0.29) is 11.9 Å². The molecule has 2 heterocycles. The first-order valence-electron chi connectivity index (χ1n) is 9.76. The number of benzene rings is 1. The Kier molecular flexibility index (Phi) is 6.45. The van der Waals surface area contributed by atoms with E-state index in [4.69, 9.17) is 0 Å². The van der Waals surface area contributed by atoms with Crippen LogP contribution >= 0.6 is 0 Å². The number of nitrogens with one attached hydrogen (secondary N) is 1. The van der Waals surface area contributed by atoms with E-state index in [0.717, 1.165) is 44.6 Å². The first-order valence-corrected chi connectivity index (χ1v) is 9.76. The Hall–Kier alpha value is -2.14. The molecule has 0 saturated carbocycles. The molecule has 140 valence electrons. The van der Waals surface area contributed by atoms with Crippen molar-refractivity contribution >= 4 is 5.91 Å². The third-order valence-corrected chi connectivity index (χ3v) is 4.98. The Balaban J connectivity index is 1.58. The Morgan fingerprint density at radius 1 is 1.27 bits per heavy atom. The summed E-state index contributed by atoms with van der Waals surface area (Å²) in [5.41, 5.74) is 3.70. The first kappa shape index (κ1) is 18.6. The molecule has 2 aromatic rings. The maximum atomic E-state index is 11.3. The van der Waals surface area contributed by atoms with Crippen LogP contribution in [0, 0.1) is 0 Å². The summed E-state index contributed by atoms with van der Waals surface area (Å²) in [6.07, 6.45) is 9.86. The van der Waals surface area contributed by atoms with Crippen molar-refractivity contribution in [2.75, 3.05) is 13.1 Å². The second-order valence-corrected chi connectivity index (χ2v) is 7.34. The molecule has 1 atom stereocenters. The predicted molar refractivity (Wildman–Crippen MR) is 104 cm³/mol. The number of hydrogen-bond acceptors (Lipinski definition) is 3. The molecule has 1 N–H and O–H groups in total. The van der Waals surface area contributed by atoms with Crippen molar-refractivity contribution in [2.24, 2.45) is 0 Å². The van der Waals surface area contributed by atoms with Crippen LogP contribution in [-0.2, 0) is 17.8 Å². The third kappa shape index (κ3) is 5.18. The number of carbonyl (C=O) groups is 1. The molecule has 1 amide bonds. The first-order chi connectivity index (χ1) is 12.6. The molecule has 0 radical (unpaired) electrons. The molecule has 1 aromatic heterocycles. The molecule has 1 fully saturated rings. The number of nitrogens with zero attached hydrogens (tertiary/aromatic N) is 3. The number of carbonyl (C=O) groups excluding carboxylic acids is 1. The summed E-state index contributed by atoms with van der Waals surface area (Å²) in [7, 11) is 0. The van der Waals surface area contributed by atoms with E-state index in [9.17, 15) is 4.79 Å². The summed E-state index contributed by atoms with van der Waals surface area (Å²) in [6, 6.07) is 8.97. The fourth-order valence-electron chi connectivity index (χ4n) is 3.64. The maximum Gasteiger partial charge on any atom is 0.217 e. The lowest BCUT2D eigenvalue weighted by Crippen LogP contribution is -2.46.